The van der Waals surface area contributed by atoms with Crippen LogP contribution in [0.5, 0.6) is 0 Å². The zero-order valence-electron chi connectivity index (χ0n) is 19.9. The van der Waals surface area contributed by atoms with E-state index in [4.69, 9.17) is 26.6 Å². The number of hydrogen-bond acceptors (Lipinski definition) is 7. The molecule has 2 N–H and O–H groups in total. The van der Waals surface area contributed by atoms with Gasteiger partial charge in [-0.15, -0.1) is 0 Å². The number of rotatable bonds is 6. The average molecular weight is 533 g/mol. The minimum absolute atomic E-state index is 0.132. The van der Waals surface area contributed by atoms with Crippen molar-refractivity contribution < 1.29 is 29.3 Å². The molecule has 1 atom stereocenters. The van der Waals surface area contributed by atoms with Crippen LogP contribution in [0.15, 0.2) is 64.4 Å². The molecule has 2 aromatic rings. The maximum Gasteiger partial charge on any atom is 0.328 e. The van der Waals surface area contributed by atoms with Gasteiger partial charge in [0, 0.05) is 59.2 Å². The summed E-state index contributed by atoms with van der Waals surface area (Å²) in [5.74, 6) is -2.65. The van der Waals surface area contributed by atoms with Gasteiger partial charge >= 0.3 is 17.9 Å². The predicted molar refractivity (Wildman–Crippen MR) is 138 cm³/mol. The third kappa shape index (κ3) is 8.09. The summed E-state index contributed by atoms with van der Waals surface area (Å²) in [6.45, 7) is 6.29. The van der Waals surface area contributed by atoms with Crippen LogP contribution in [0.2, 0.25) is 5.02 Å². The monoisotopic (exact) mass is 532 g/mol. The molecule has 1 saturated heterocycles. The van der Waals surface area contributed by atoms with E-state index in [-0.39, 0.29) is 5.97 Å². The van der Waals surface area contributed by atoms with Gasteiger partial charge in [-0.1, -0.05) is 41.6 Å². The number of fused-ring (bicyclic) bond motifs is 2. The Kier molecular flexibility index (Phi) is 10.4. The topological polar surface area (TPSA) is 107 Å². The van der Waals surface area contributed by atoms with Gasteiger partial charge in [0.1, 0.15) is 0 Å². The van der Waals surface area contributed by atoms with E-state index in [1.54, 1.807) is 0 Å². The van der Waals surface area contributed by atoms with Crippen LogP contribution in [0, 0.1) is 0 Å². The van der Waals surface area contributed by atoms with Crippen molar-refractivity contribution in [2.45, 2.75) is 29.2 Å². The number of carbonyl (C=O) groups excluding carboxylic acids is 1. The minimum Gasteiger partial charge on any atom is -0.478 e. The number of piperazine rings is 1. The largest absolute Gasteiger partial charge is 0.478 e. The molecule has 0 aliphatic carbocycles. The van der Waals surface area contributed by atoms with Crippen molar-refractivity contribution in [1.82, 2.24) is 9.80 Å². The van der Waals surface area contributed by atoms with Crippen molar-refractivity contribution in [3.63, 3.8) is 0 Å². The van der Waals surface area contributed by atoms with Crippen molar-refractivity contribution in [2.24, 2.45) is 0 Å². The molecule has 0 aromatic heterocycles. The molecule has 2 heterocycles. The van der Waals surface area contributed by atoms with Crippen LogP contribution in [0.4, 0.5) is 0 Å². The quantitative estimate of drug-likeness (QED) is 0.422. The number of aliphatic carboxylic acids is 2. The first-order chi connectivity index (χ1) is 17.3. The number of carboxylic acid groups (broad SMARTS) is 2. The van der Waals surface area contributed by atoms with Gasteiger partial charge in [0.25, 0.3) is 0 Å². The van der Waals surface area contributed by atoms with E-state index >= 15 is 0 Å². The maximum absolute atomic E-state index is 11.8. The molecule has 4 rings (SSSR count). The Morgan fingerprint density at radius 1 is 1.03 bits per heavy atom. The van der Waals surface area contributed by atoms with E-state index < -0.39 is 11.9 Å². The Morgan fingerprint density at radius 2 is 1.69 bits per heavy atom. The number of nitrogens with zero attached hydrogens (tertiary/aromatic N) is 2. The number of ether oxygens (including phenoxy) is 1. The second-order valence-electron chi connectivity index (χ2n) is 8.24. The lowest BCUT2D eigenvalue weighted by Crippen LogP contribution is -2.49. The smallest absolute Gasteiger partial charge is 0.328 e. The normalized spacial score (nSPS) is 17.8. The molecule has 0 spiro atoms. The van der Waals surface area contributed by atoms with Gasteiger partial charge in [0.2, 0.25) is 0 Å². The Morgan fingerprint density at radius 3 is 2.33 bits per heavy atom. The van der Waals surface area contributed by atoms with Gasteiger partial charge in [-0.25, -0.2) is 9.59 Å². The first-order valence-corrected chi connectivity index (χ1v) is 12.8. The number of benzene rings is 2. The summed E-state index contributed by atoms with van der Waals surface area (Å²) in [4.78, 5) is 38.2. The second kappa shape index (κ2) is 13.5. The second-order valence-corrected chi connectivity index (χ2v) is 9.76. The number of carboxylic acids is 2. The van der Waals surface area contributed by atoms with Gasteiger partial charge in [-0.3, -0.25) is 14.6 Å². The molecule has 1 fully saturated rings. The van der Waals surface area contributed by atoms with Crippen molar-refractivity contribution >= 4 is 41.3 Å². The Bertz CT molecular complexity index is 1100. The van der Waals surface area contributed by atoms with E-state index in [2.05, 4.69) is 46.2 Å². The third-order valence-electron chi connectivity index (χ3n) is 5.81. The highest BCUT2D eigenvalue weighted by molar-refractivity contribution is 7.99. The molecular formula is C26H29ClN2O6S. The molecule has 192 valence electrons. The van der Waals surface area contributed by atoms with E-state index in [9.17, 15) is 14.4 Å². The summed E-state index contributed by atoms with van der Waals surface area (Å²) < 4.78 is 5.09. The number of hydrogen-bond donors (Lipinski definition) is 2. The molecule has 10 heteroatoms. The molecule has 2 aromatic carbocycles. The molecule has 8 nitrogen and oxygen atoms in total. The molecular weight excluding hydrogens is 504 g/mol. The molecule has 2 aliphatic heterocycles. The molecule has 0 amide bonds. The van der Waals surface area contributed by atoms with Crippen LogP contribution in [0.25, 0.3) is 0 Å². The average Bonchev–Trinajstić information content (AvgIpc) is 3.00. The first-order valence-electron chi connectivity index (χ1n) is 11.6. The number of esters is 1. The Hall–Kier alpha value is -2.85. The van der Waals surface area contributed by atoms with Gasteiger partial charge in [-0.2, -0.15) is 0 Å². The maximum atomic E-state index is 11.8. The third-order valence-corrected chi connectivity index (χ3v) is 7.26. The number of halogens is 1. The summed E-state index contributed by atoms with van der Waals surface area (Å²) in [5, 5.41) is 16.4. The number of carbonyl (C=O) groups is 3. The first kappa shape index (κ1) is 27.7. The Balaban J connectivity index is 0.000000392. The van der Waals surface area contributed by atoms with Crippen LogP contribution < -0.4 is 0 Å². The zero-order valence-corrected chi connectivity index (χ0v) is 21.5. The van der Waals surface area contributed by atoms with E-state index in [0.717, 1.165) is 37.6 Å². The fourth-order valence-corrected chi connectivity index (χ4v) is 5.47. The summed E-state index contributed by atoms with van der Waals surface area (Å²) in [6, 6.07) is 15.2. The van der Waals surface area contributed by atoms with Gasteiger partial charge in [0.05, 0.1) is 13.2 Å². The Labute approximate surface area is 219 Å². The van der Waals surface area contributed by atoms with Crippen LogP contribution in [0.3, 0.4) is 0 Å². The summed E-state index contributed by atoms with van der Waals surface area (Å²) in [6.07, 6.45) is 2.10. The fourth-order valence-electron chi connectivity index (χ4n) is 4.17. The van der Waals surface area contributed by atoms with Crippen molar-refractivity contribution in [1.29, 1.82) is 0 Å². The highest BCUT2D eigenvalue weighted by Crippen LogP contribution is 2.43. The fraction of sp³-hybridized carbons (Fsp3) is 0.346. The van der Waals surface area contributed by atoms with Crippen LogP contribution in [0.1, 0.15) is 24.1 Å². The van der Waals surface area contributed by atoms with Gasteiger partial charge in [-0.05, 0) is 48.7 Å². The van der Waals surface area contributed by atoms with E-state index in [1.165, 1.54) is 20.9 Å². The lowest BCUT2D eigenvalue weighted by molar-refractivity contribution is -0.145. The van der Waals surface area contributed by atoms with Crippen LogP contribution in [-0.2, 0) is 25.5 Å². The highest BCUT2D eigenvalue weighted by atomic mass is 35.5. The zero-order chi connectivity index (χ0) is 26.1. The lowest BCUT2D eigenvalue weighted by atomic mass is 9.96. The summed E-state index contributed by atoms with van der Waals surface area (Å²) in [5.41, 5.74) is 2.70. The van der Waals surface area contributed by atoms with E-state index in [0.29, 0.717) is 31.3 Å². The summed E-state index contributed by atoms with van der Waals surface area (Å²) in [7, 11) is 0. The molecule has 0 radical (unpaired) electrons. The highest BCUT2D eigenvalue weighted by Gasteiger charge is 2.30. The lowest BCUT2D eigenvalue weighted by Gasteiger charge is -2.39. The van der Waals surface area contributed by atoms with Crippen molar-refractivity contribution in [3.8, 4) is 0 Å². The predicted octanol–water partition coefficient (Wildman–Crippen LogP) is 3.98. The minimum atomic E-state index is -1.26. The van der Waals surface area contributed by atoms with Crippen LogP contribution >= 0.6 is 23.4 Å². The SMILES string of the molecule is CCOC(=O)CN1CCN(C2Cc3ccccc3Sc3ccc(Cl)cc32)CC1.O=C(O)/C=C\C(=O)O. The van der Waals surface area contributed by atoms with Crippen LogP contribution in [-0.4, -0.2) is 77.3 Å². The standard InChI is InChI=1S/C22H25ClN2O2S.C4H4O4/c1-2-27-22(26)15-24-9-11-25(12-10-24)19-13-16-5-3-4-6-20(16)28-21-8-7-17(23)14-18(19)21;5-3(6)1-2-4(7)8/h3-8,14,19H,2,9-13,15H2,1H3;1-2H,(H,5,6)(H,7,8)/b;2-1-. The van der Waals surface area contributed by atoms with E-state index in [1.807, 2.05) is 24.8 Å². The molecule has 36 heavy (non-hydrogen) atoms. The molecule has 1 unspecified atom stereocenters. The summed E-state index contributed by atoms with van der Waals surface area (Å²) >= 11 is 8.21. The van der Waals surface area contributed by atoms with Gasteiger partial charge < -0.3 is 14.9 Å². The van der Waals surface area contributed by atoms with Gasteiger partial charge in [0.15, 0.2) is 0 Å². The van der Waals surface area contributed by atoms with Crippen molar-refractivity contribution in [2.75, 3.05) is 39.3 Å². The molecule has 0 bridgehead atoms. The van der Waals surface area contributed by atoms with Crippen molar-refractivity contribution in [3.05, 3.63) is 70.8 Å². The molecule has 2 aliphatic rings. The molecule has 0 saturated carbocycles.